The Morgan fingerprint density at radius 3 is 1.24 bits per heavy atom. The molecule has 0 saturated carbocycles. The first kappa shape index (κ1) is 29.5. The summed E-state index contributed by atoms with van der Waals surface area (Å²) in [5, 5.41) is 0. The van der Waals surface area contributed by atoms with Crippen molar-refractivity contribution < 1.29 is 26.4 Å². The molecule has 0 radical (unpaired) electrons. The predicted octanol–water partition coefficient (Wildman–Crippen LogP) is 5.10. The standard InChI is InChI=1S/C32H30N2O6S2/c1-3-7-21-11-15-23(16-12-21)41(37,38)19-27-28(20-42(39,40)24-17-13-22(8-4-2)14-18-24)34-30-29(33-27)31(35)25-9-5-6-10-26(25)32(30)36/h5-6,9-18H,3-4,7-8,19-20H2,1-2H3. The van der Waals surface area contributed by atoms with E-state index in [2.05, 4.69) is 9.97 Å². The monoisotopic (exact) mass is 602 g/mol. The van der Waals surface area contributed by atoms with Gasteiger partial charge in [0.05, 0.1) is 32.7 Å². The first-order valence-electron chi connectivity index (χ1n) is 13.8. The number of hydrogen-bond acceptors (Lipinski definition) is 8. The van der Waals surface area contributed by atoms with Gasteiger partial charge in [-0.1, -0.05) is 75.2 Å². The number of hydrogen-bond donors (Lipinski definition) is 0. The topological polar surface area (TPSA) is 128 Å². The fraction of sp³-hybridized carbons (Fsp3) is 0.250. The molecule has 1 heterocycles. The van der Waals surface area contributed by atoms with Crippen molar-refractivity contribution >= 4 is 31.2 Å². The third kappa shape index (κ3) is 5.82. The van der Waals surface area contributed by atoms with E-state index < -0.39 is 42.7 Å². The summed E-state index contributed by atoms with van der Waals surface area (Å²) < 4.78 is 54.0. The third-order valence-corrected chi connectivity index (χ3v) is 10.5. The van der Waals surface area contributed by atoms with Crippen molar-refractivity contribution in [3.05, 3.63) is 118 Å². The lowest BCUT2D eigenvalue weighted by Gasteiger charge is -2.19. The van der Waals surface area contributed by atoms with Gasteiger partial charge in [0.1, 0.15) is 11.4 Å². The highest BCUT2D eigenvalue weighted by atomic mass is 32.2. The van der Waals surface area contributed by atoms with Crippen LogP contribution >= 0.6 is 0 Å². The molecule has 0 aliphatic heterocycles. The van der Waals surface area contributed by atoms with Gasteiger partial charge in [-0.05, 0) is 48.2 Å². The molecule has 0 bridgehead atoms. The number of carbonyl (C=O) groups excluding carboxylic acids is 2. The third-order valence-electron chi connectivity index (χ3n) is 7.19. The molecule has 0 spiro atoms. The van der Waals surface area contributed by atoms with Gasteiger partial charge in [-0.25, -0.2) is 26.8 Å². The zero-order chi connectivity index (χ0) is 30.1. The van der Waals surface area contributed by atoms with Gasteiger partial charge < -0.3 is 0 Å². The van der Waals surface area contributed by atoms with Gasteiger partial charge in [-0.3, -0.25) is 9.59 Å². The summed E-state index contributed by atoms with van der Waals surface area (Å²) in [5.74, 6) is -2.53. The lowest BCUT2D eigenvalue weighted by molar-refractivity contribution is 0.0971. The van der Waals surface area contributed by atoms with Crippen LogP contribution < -0.4 is 0 Å². The molecular formula is C32H30N2O6S2. The summed E-state index contributed by atoms with van der Waals surface area (Å²) in [5.41, 5.74) is 1.32. The average molecular weight is 603 g/mol. The van der Waals surface area contributed by atoms with E-state index in [0.717, 1.165) is 36.8 Å². The number of benzene rings is 3. The van der Waals surface area contributed by atoms with Crippen molar-refractivity contribution in [2.75, 3.05) is 0 Å². The van der Waals surface area contributed by atoms with Crippen molar-refractivity contribution in [1.29, 1.82) is 0 Å². The fourth-order valence-corrected chi connectivity index (χ4v) is 7.63. The lowest BCUT2D eigenvalue weighted by atomic mass is 9.89. The number of rotatable bonds is 10. The zero-order valence-electron chi connectivity index (χ0n) is 23.3. The molecule has 0 unspecified atom stereocenters. The molecule has 0 saturated heterocycles. The number of fused-ring (bicyclic) bond motifs is 2. The fourth-order valence-electron chi connectivity index (χ4n) is 5.02. The number of nitrogens with zero attached hydrogens (tertiary/aromatic N) is 2. The van der Waals surface area contributed by atoms with Crippen molar-refractivity contribution in [3.63, 3.8) is 0 Å². The van der Waals surface area contributed by atoms with E-state index in [1.54, 1.807) is 36.4 Å². The highest BCUT2D eigenvalue weighted by Crippen LogP contribution is 2.29. The Morgan fingerprint density at radius 2 is 0.905 bits per heavy atom. The Bertz CT molecular complexity index is 1760. The summed E-state index contributed by atoms with van der Waals surface area (Å²) in [7, 11) is -8.02. The largest absolute Gasteiger partial charge is 0.287 e. The number of carbonyl (C=O) groups is 2. The number of sulfone groups is 2. The van der Waals surface area contributed by atoms with E-state index in [0.29, 0.717) is 0 Å². The molecule has 0 N–H and O–H groups in total. The van der Waals surface area contributed by atoms with Gasteiger partial charge >= 0.3 is 0 Å². The van der Waals surface area contributed by atoms with Gasteiger partial charge in [-0.15, -0.1) is 0 Å². The first-order chi connectivity index (χ1) is 20.0. The summed E-state index contributed by atoms with van der Waals surface area (Å²) in [6.07, 6.45) is 3.42. The summed E-state index contributed by atoms with van der Waals surface area (Å²) in [4.78, 5) is 35.4. The van der Waals surface area contributed by atoms with Gasteiger partial charge in [0.15, 0.2) is 19.7 Å². The minimum atomic E-state index is -4.01. The second-order valence-corrected chi connectivity index (χ2v) is 14.3. The quantitative estimate of drug-likeness (QED) is 0.216. The van der Waals surface area contributed by atoms with E-state index in [9.17, 15) is 26.4 Å². The molecule has 1 aliphatic carbocycles. The number of aromatic nitrogens is 2. The minimum Gasteiger partial charge on any atom is -0.287 e. The molecule has 0 atom stereocenters. The van der Waals surface area contributed by atoms with Crippen LogP contribution in [0.1, 0.15) is 81.3 Å². The summed E-state index contributed by atoms with van der Waals surface area (Å²) in [6.45, 7) is 4.05. The first-order valence-corrected chi connectivity index (χ1v) is 17.1. The molecule has 8 nitrogen and oxygen atoms in total. The SMILES string of the molecule is CCCc1ccc(S(=O)(=O)Cc2nc3c(nc2CS(=O)(=O)c2ccc(CCC)cc2)C(=O)c2ccccc2C3=O)cc1. The van der Waals surface area contributed by atoms with Crippen molar-refractivity contribution in [1.82, 2.24) is 9.97 Å². The maximum absolute atomic E-state index is 13.5. The normalized spacial score (nSPS) is 13.1. The van der Waals surface area contributed by atoms with Crippen LogP contribution in [-0.4, -0.2) is 38.4 Å². The Kier molecular flexibility index (Phi) is 8.21. The number of ketones is 2. The maximum Gasteiger partial charge on any atom is 0.214 e. The molecule has 3 aromatic carbocycles. The van der Waals surface area contributed by atoms with Crippen LogP contribution in [0.3, 0.4) is 0 Å². The second-order valence-electron chi connectivity index (χ2n) is 10.3. The van der Waals surface area contributed by atoms with Crippen LogP contribution in [0.25, 0.3) is 0 Å². The van der Waals surface area contributed by atoms with E-state index in [1.807, 2.05) is 13.8 Å². The van der Waals surface area contributed by atoms with Crippen LogP contribution in [-0.2, 0) is 44.0 Å². The molecule has 10 heteroatoms. The maximum atomic E-state index is 13.5. The molecule has 42 heavy (non-hydrogen) atoms. The van der Waals surface area contributed by atoms with Gasteiger partial charge in [0, 0.05) is 11.1 Å². The molecule has 1 aromatic heterocycles. The van der Waals surface area contributed by atoms with Crippen LogP contribution in [0, 0.1) is 0 Å². The molecular weight excluding hydrogens is 572 g/mol. The van der Waals surface area contributed by atoms with Crippen molar-refractivity contribution in [2.45, 2.75) is 60.8 Å². The molecule has 0 fully saturated rings. The predicted molar refractivity (Wildman–Crippen MR) is 158 cm³/mol. The van der Waals surface area contributed by atoms with Gasteiger partial charge in [0.25, 0.3) is 0 Å². The Hall–Kier alpha value is -4.02. The van der Waals surface area contributed by atoms with E-state index in [-0.39, 0.29) is 43.7 Å². The van der Waals surface area contributed by atoms with Crippen molar-refractivity contribution in [2.24, 2.45) is 0 Å². The zero-order valence-corrected chi connectivity index (χ0v) is 25.0. The highest BCUT2D eigenvalue weighted by Gasteiger charge is 2.35. The number of aryl methyl sites for hydroxylation is 2. The highest BCUT2D eigenvalue weighted by molar-refractivity contribution is 7.91. The van der Waals surface area contributed by atoms with Crippen LogP contribution in [0.15, 0.2) is 82.6 Å². The lowest BCUT2D eigenvalue weighted by Crippen LogP contribution is -2.27. The summed E-state index contributed by atoms with van der Waals surface area (Å²) in [6, 6.07) is 19.2. The van der Waals surface area contributed by atoms with Crippen LogP contribution in [0.5, 0.6) is 0 Å². The minimum absolute atomic E-state index is 0.0370. The van der Waals surface area contributed by atoms with Gasteiger partial charge in [-0.2, -0.15) is 0 Å². The van der Waals surface area contributed by atoms with E-state index in [4.69, 9.17) is 0 Å². The Labute approximate surface area is 245 Å². The van der Waals surface area contributed by atoms with E-state index >= 15 is 0 Å². The van der Waals surface area contributed by atoms with Gasteiger partial charge in [0.2, 0.25) is 11.6 Å². The van der Waals surface area contributed by atoms with E-state index in [1.165, 1.54) is 36.4 Å². The molecule has 5 rings (SSSR count). The molecule has 0 amide bonds. The smallest absolute Gasteiger partial charge is 0.214 e. The summed E-state index contributed by atoms with van der Waals surface area (Å²) >= 11 is 0. The van der Waals surface area contributed by atoms with Crippen molar-refractivity contribution in [3.8, 4) is 0 Å². The molecule has 216 valence electrons. The van der Waals surface area contributed by atoms with Crippen LogP contribution in [0.4, 0.5) is 0 Å². The molecule has 1 aliphatic rings. The van der Waals surface area contributed by atoms with Crippen LogP contribution in [0.2, 0.25) is 0 Å². The Morgan fingerprint density at radius 1 is 0.548 bits per heavy atom. The molecule has 4 aromatic rings. The Balaban J connectivity index is 1.59. The second kappa shape index (κ2) is 11.7. The average Bonchev–Trinajstić information content (AvgIpc) is 2.97.